The largest absolute Gasteiger partial charge is 0.510 e. The summed E-state index contributed by atoms with van der Waals surface area (Å²) in [7, 11) is 0. The molecule has 0 saturated carbocycles. The summed E-state index contributed by atoms with van der Waals surface area (Å²) in [4.78, 5) is 4.81. The Morgan fingerprint density at radius 2 is 0.926 bits per heavy atom. The summed E-state index contributed by atoms with van der Waals surface area (Å²) in [5, 5.41) is 1.65. The second-order valence-corrected chi connectivity index (χ2v) is 33.1. The Balaban J connectivity index is 0.0000106. The number of ether oxygens (including phenoxy) is 1. The van der Waals surface area contributed by atoms with E-state index >= 15 is 0 Å². The summed E-state index contributed by atoms with van der Waals surface area (Å²) >= 11 is 0. The van der Waals surface area contributed by atoms with Gasteiger partial charge in [0.05, 0.1) is 23.6 Å². The third-order valence-corrected chi connectivity index (χ3v) is 18.5. The fourth-order valence-corrected chi connectivity index (χ4v) is 12.4. The first-order valence-electron chi connectivity index (χ1n) is 37.1. The van der Waals surface area contributed by atoms with Crippen molar-refractivity contribution in [3.63, 3.8) is 0 Å². The zero-order valence-corrected chi connectivity index (χ0v) is 61.7. The number of rotatable bonds is 9. The Morgan fingerprint density at radius 1 is 0.432 bits per heavy atom. The van der Waals surface area contributed by atoms with Crippen LogP contribution in [0.5, 0.6) is 11.5 Å². The fourth-order valence-electron chi connectivity index (χ4n) is 12.4. The van der Waals surface area contributed by atoms with Crippen molar-refractivity contribution in [2.45, 2.75) is 190 Å². The summed E-state index contributed by atoms with van der Waals surface area (Å²) in [5.74, 6) is 0.979. The quantitative estimate of drug-likeness (QED) is 0.107. The molecule has 0 radical (unpaired) electrons. The summed E-state index contributed by atoms with van der Waals surface area (Å²) in [6.07, 6.45) is 5.36. The van der Waals surface area contributed by atoms with Crippen LogP contribution in [0.15, 0.2) is 182 Å². The average molecular weight is 1440 g/mol. The molecule has 0 aliphatic rings. The number of aromatic nitrogens is 4. The molecule has 0 atom stereocenters. The van der Waals surface area contributed by atoms with E-state index in [9.17, 15) is 0 Å². The van der Waals surface area contributed by atoms with Gasteiger partial charge in [-0.15, -0.1) is 29.7 Å². The molecule has 95 heavy (non-hydrogen) atoms. The molecule has 12 aromatic rings. The smallest absolute Gasteiger partial charge is 0.268 e. The predicted molar refractivity (Wildman–Crippen MR) is 397 cm³/mol. The van der Waals surface area contributed by atoms with Crippen LogP contribution < -0.4 is 9.30 Å². The van der Waals surface area contributed by atoms with Crippen LogP contribution in [0.3, 0.4) is 0 Å². The zero-order chi connectivity index (χ0) is 74.4. The molecule has 9 aromatic carbocycles. The van der Waals surface area contributed by atoms with Crippen molar-refractivity contribution >= 4 is 32.8 Å². The maximum Gasteiger partial charge on any atom is 0.268 e. The Morgan fingerprint density at radius 3 is 1.44 bits per heavy atom. The van der Waals surface area contributed by atoms with E-state index in [1.807, 2.05) is 59.2 Å². The molecule has 12 rings (SSSR count). The SMILES string of the molecule is [2H]c1c([2H])c([2H])c(-c2cnc(-n3c4[c-]c(Oc5[c-]c(-n6[c-][n+](-c7c(-c8cc(C(C)(C)C)cc(C(C)(C)C)c8)cc(C(C)(C)C)cc7-c7cc(C(C)(C)C)cc(C(C)(C)C)c7)c7ccc(-c8cc(C(C)(C)C)cc(C(C)(C)C)c8)cc76)ccc5)ccc4c4ccccc43)cc2C([2H])([2H])[2H])c([2H])c1[2H].[Pt]. The Kier molecular flexibility index (Phi) is 15.0. The topological polar surface area (TPSA) is 35.9 Å². The number of aryl methyl sites for hydroxylation is 1. The van der Waals surface area contributed by atoms with Gasteiger partial charge in [0.1, 0.15) is 5.82 Å². The number of hydrogen-bond donors (Lipinski definition) is 0. The first-order valence-corrected chi connectivity index (χ1v) is 33.1. The van der Waals surface area contributed by atoms with Crippen molar-refractivity contribution in [1.82, 2.24) is 14.1 Å². The molecule has 6 heteroatoms. The second-order valence-electron chi connectivity index (χ2n) is 33.1. The van der Waals surface area contributed by atoms with E-state index in [0.717, 1.165) is 60.9 Å². The van der Waals surface area contributed by atoms with E-state index in [1.165, 1.54) is 51.2 Å². The number of imidazole rings is 1. The van der Waals surface area contributed by atoms with Gasteiger partial charge in [-0.3, -0.25) is 4.57 Å². The number of para-hydroxylation sites is 1. The van der Waals surface area contributed by atoms with Crippen LogP contribution in [0.2, 0.25) is 0 Å². The average Bonchev–Trinajstić information content (AvgIpc) is 1.67. The zero-order valence-electron chi connectivity index (χ0n) is 67.4. The molecule has 3 heterocycles. The van der Waals surface area contributed by atoms with Gasteiger partial charge in [0.2, 0.25) is 0 Å². The third kappa shape index (κ3) is 13.7. The molecular weight excluding hydrogens is 1340 g/mol. The monoisotopic (exact) mass is 1440 g/mol. The van der Waals surface area contributed by atoms with Crippen LogP contribution >= 0.6 is 0 Å². The van der Waals surface area contributed by atoms with Crippen LogP contribution in [0.4, 0.5) is 0 Å². The van der Waals surface area contributed by atoms with Gasteiger partial charge in [0, 0.05) is 54.0 Å². The third-order valence-electron chi connectivity index (χ3n) is 18.5. The molecular formula is C89H96N4OPt-2. The van der Waals surface area contributed by atoms with Gasteiger partial charge in [-0.2, -0.15) is 18.2 Å². The maximum absolute atomic E-state index is 8.79. The van der Waals surface area contributed by atoms with Crippen molar-refractivity contribution in [2.75, 3.05) is 0 Å². The molecule has 0 amide bonds. The van der Waals surface area contributed by atoms with E-state index in [-0.39, 0.29) is 81.5 Å². The molecule has 0 aliphatic heterocycles. The van der Waals surface area contributed by atoms with Gasteiger partial charge in [-0.05, 0) is 157 Å². The molecule has 0 aliphatic carbocycles. The number of hydrogen-bond acceptors (Lipinski definition) is 2. The summed E-state index contributed by atoms with van der Waals surface area (Å²) < 4.78 is 82.1. The fraction of sp³-hybridized carbons (Fsp3) is 0.326. The molecule has 0 bridgehead atoms. The normalized spacial score (nSPS) is 14.2. The number of nitrogens with zero attached hydrogens (tertiary/aromatic N) is 4. The first-order chi connectivity index (χ1) is 47.2. The Hall–Kier alpha value is -8.11. The van der Waals surface area contributed by atoms with Crippen molar-refractivity contribution in [2.24, 2.45) is 0 Å². The van der Waals surface area contributed by atoms with Crippen molar-refractivity contribution < 1.29 is 41.3 Å². The number of fused-ring (bicyclic) bond motifs is 4. The van der Waals surface area contributed by atoms with E-state index in [2.05, 4.69) is 258 Å². The van der Waals surface area contributed by atoms with Gasteiger partial charge >= 0.3 is 0 Å². The van der Waals surface area contributed by atoms with Crippen molar-refractivity contribution in [1.29, 1.82) is 0 Å². The van der Waals surface area contributed by atoms with Gasteiger partial charge in [0.25, 0.3) is 6.33 Å². The standard InChI is InChI=1S/C89H96N4O.Pt/c1-56-39-81(90-54-76(56)57-29-24-23-25-30-57)93-77-34-27-26-33-72(77)73-37-36-71(53-79(73)93)94-70-32-28-31-69(52-70)91-55-92(78-38-35-58(46-80(78)91)59-40-62(83(2,3)4)47-63(41-59)84(5,6)7)82-74(60-42-64(85(8,9)10)48-65(43-60)86(11,12)13)50-68(89(20,21)22)51-75(82)61-44-66(87(14,15)16)49-67(45-61)88(17,18)19;/h23-51,54H,1-22H3;/q-2;/i1D3,23D,24D,25D,29D,30D;. The van der Waals surface area contributed by atoms with E-state index in [1.54, 1.807) is 0 Å². The van der Waals surface area contributed by atoms with Crippen LogP contribution in [0.1, 0.15) is 201 Å². The predicted octanol–water partition coefficient (Wildman–Crippen LogP) is 23.6. The first kappa shape index (κ1) is 58.3. The molecule has 0 N–H and O–H groups in total. The molecule has 490 valence electrons. The van der Waals surface area contributed by atoms with Gasteiger partial charge in [0.15, 0.2) is 0 Å². The molecule has 0 unspecified atom stereocenters. The molecule has 0 spiro atoms. The van der Waals surface area contributed by atoms with E-state index in [0.29, 0.717) is 28.2 Å². The van der Waals surface area contributed by atoms with Crippen molar-refractivity contribution in [3.8, 4) is 73.2 Å². The number of benzene rings is 9. The minimum atomic E-state index is -2.78. The molecule has 5 nitrogen and oxygen atoms in total. The van der Waals surface area contributed by atoms with E-state index < -0.39 is 37.1 Å². The minimum Gasteiger partial charge on any atom is -0.510 e. The number of pyridine rings is 1. The minimum absolute atomic E-state index is 0. The summed E-state index contributed by atoms with van der Waals surface area (Å²) in [6, 6.07) is 56.6. The molecule has 0 fully saturated rings. The van der Waals surface area contributed by atoms with Crippen molar-refractivity contribution in [3.05, 3.63) is 245 Å². The van der Waals surface area contributed by atoms with Gasteiger partial charge in [-0.1, -0.05) is 278 Å². The second kappa shape index (κ2) is 24.5. The van der Waals surface area contributed by atoms with Gasteiger partial charge in [-0.25, -0.2) is 4.98 Å². The van der Waals surface area contributed by atoms with E-state index in [4.69, 9.17) is 20.7 Å². The summed E-state index contributed by atoms with van der Waals surface area (Å²) in [6.45, 7) is 45.5. The Bertz CT molecular complexity index is 5130. The van der Waals surface area contributed by atoms with Crippen LogP contribution in [0.25, 0.3) is 94.5 Å². The van der Waals surface area contributed by atoms with Crippen LogP contribution in [-0.4, -0.2) is 14.1 Å². The molecule has 3 aromatic heterocycles. The summed E-state index contributed by atoms with van der Waals surface area (Å²) in [5.41, 5.74) is 18.3. The molecule has 0 saturated heterocycles. The van der Waals surface area contributed by atoms with Crippen LogP contribution in [-0.2, 0) is 59.0 Å². The maximum atomic E-state index is 8.79. The van der Waals surface area contributed by atoms with Crippen LogP contribution in [0, 0.1) is 25.3 Å². The van der Waals surface area contributed by atoms with Gasteiger partial charge < -0.3 is 13.9 Å². The Labute approximate surface area is 593 Å².